The molecule has 0 spiro atoms. The van der Waals surface area contributed by atoms with Gasteiger partial charge < -0.3 is 20.1 Å². The summed E-state index contributed by atoms with van der Waals surface area (Å²) in [5.74, 6) is 0.775. The Kier molecular flexibility index (Phi) is 3.82. The third kappa shape index (κ3) is 3.35. The zero-order chi connectivity index (χ0) is 12.1. The van der Waals surface area contributed by atoms with Crippen molar-refractivity contribution in [2.75, 3.05) is 32.8 Å². The first-order chi connectivity index (χ1) is 8.25. The highest BCUT2D eigenvalue weighted by Gasteiger charge is 2.16. The summed E-state index contributed by atoms with van der Waals surface area (Å²) < 4.78 is 5.35. The Bertz CT molecular complexity index is 372. The van der Waals surface area contributed by atoms with Crippen LogP contribution in [0.3, 0.4) is 0 Å². The molecule has 1 fully saturated rings. The molecule has 1 amide bonds. The van der Waals surface area contributed by atoms with Crippen LogP contribution in [0.2, 0.25) is 0 Å². The molecular formula is C12H16N2O3. The lowest BCUT2D eigenvalue weighted by Gasteiger charge is -2.27. The topological polar surface area (TPSA) is 61.8 Å². The number of ether oxygens (including phenoxy) is 1. The number of aromatic hydroxyl groups is 1. The first-order valence-electron chi connectivity index (χ1n) is 5.66. The minimum atomic E-state index is -0.000394. The highest BCUT2D eigenvalue weighted by molar-refractivity contribution is 5.77. The molecule has 0 unspecified atom stereocenters. The molecule has 1 aliphatic rings. The normalized spacial score (nSPS) is 15.6. The number of carbonyl (C=O) groups is 1. The molecule has 0 bridgehead atoms. The maximum Gasteiger partial charge on any atom is 0.260 e. The highest BCUT2D eigenvalue weighted by Crippen LogP contribution is 2.15. The van der Waals surface area contributed by atoms with E-state index >= 15 is 0 Å². The fourth-order valence-corrected chi connectivity index (χ4v) is 1.69. The average Bonchev–Trinajstić information content (AvgIpc) is 2.39. The van der Waals surface area contributed by atoms with Gasteiger partial charge in [-0.05, 0) is 24.3 Å². The van der Waals surface area contributed by atoms with Crippen LogP contribution in [0.1, 0.15) is 0 Å². The number of phenolic OH excluding ortho intramolecular Hbond substituents is 1. The zero-order valence-electron chi connectivity index (χ0n) is 9.56. The molecule has 0 aromatic heterocycles. The van der Waals surface area contributed by atoms with Crippen LogP contribution in [-0.4, -0.2) is 48.7 Å². The minimum Gasteiger partial charge on any atom is -0.508 e. The third-order valence-electron chi connectivity index (χ3n) is 2.67. The Morgan fingerprint density at radius 1 is 1.29 bits per heavy atom. The van der Waals surface area contributed by atoms with Crippen molar-refractivity contribution in [2.45, 2.75) is 0 Å². The van der Waals surface area contributed by atoms with Gasteiger partial charge in [0.1, 0.15) is 11.5 Å². The number of nitrogens with zero attached hydrogens (tertiary/aromatic N) is 1. The van der Waals surface area contributed by atoms with E-state index in [4.69, 9.17) is 9.84 Å². The van der Waals surface area contributed by atoms with Crippen molar-refractivity contribution in [1.82, 2.24) is 10.2 Å². The summed E-state index contributed by atoms with van der Waals surface area (Å²) in [6.07, 6.45) is 0. The van der Waals surface area contributed by atoms with E-state index < -0.39 is 0 Å². The number of carbonyl (C=O) groups excluding carboxylic acids is 1. The number of benzene rings is 1. The van der Waals surface area contributed by atoms with Crippen molar-refractivity contribution in [2.24, 2.45) is 0 Å². The van der Waals surface area contributed by atoms with E-state index in [1.165, 1.54) is 12.1 Å². The van der Waals surface area contributed by atoms with E-state index in [9.17, 15) is 4.79 Å². The van der Waals surface area contributed by atoms with Gasteiger partial charge >= 0.3 is 0 Å². The number of amides is 1. The molecule has 0 aliphatic carbocycles. The minimum absolute atomic E-state index is 0.000394. The van der Waals surface area contributed by atoms with Gasteiger partial charge in [0.05, 0.1) is 0 Å². The molecule has 0 saturated carbocycles. The number of piperazine rings is 1. The molecule has 92 valence electrons. The summed E-state index contributed by atoms with van der Waals surface area (Å²) >= 11 is 0. The van der Waals surface area contributed by atoms with Gasteiger partial charge in [-0.2, -0.15) is 0 Å². The van der Waals surface area contributed by atoms with E-state index in [0.29, 0.717) is 5.75 Å². The van der Waals surface area contributed by atoms with Crippen LogP contribution < -0.4 is 10.1 Å². The molecule has 0 atom stereocenters. The first-order valence-corrected chi connectivity index (χ1v) is 5.66. The average molecular weight is 236 g/mol. The van der Waals surface area contributed by atoms with Crippen LogP contribution in [0.4, 0.5) is 0 Å². The van der Waals surface area contributed by atoms with Crippen molar-refractivity contribution in [3.8, 4) is 11.5 Å². The van der Waals surface area contributed by atoms with Gasteiger partial charge in [-0.1, -0.05) is 0 Å². The van der Waals surface area contributed by atoms with Gasteiger partial charge in [-0.3, -0.25) is 4.79 Å². The van der Waals surface area contributed by atoms with Crippen LogP contribution in [0.5, 0.6) is 11.5 Å². The van der Waals surface area contributed by atoms with E-state index in [2.05, 4.69) is 5.32 Å². The van der Waals surface area contributed by atoms with E-state index in [1.807, 2.05) is 0 Å². The molecule has 1 aromatic rings. The van der Waals surface area contributed by atoms with Crippen LogP contribution in [-0.2, 0) is 4.79 Å². The standard InChI is InChI=1S/C12H16N2O3/c15-10-1-3-11(4-2-10)17-9-12(16)14-7-5-13-6-8-14/h1-4,13,15H,5-9H2. The fourth-order valence-electron chi connectivity index (χ4n) is 1.69. The van der Waals surface area contributed by atoms with E-state index in [0.717, 1.165) is 26.2 Å². The largest absolute Gasteiger partial charge is 0.508 e. The lowest BCUT2D eigenvalue weighted by molar-refractivity contribution is -0.133. The predicted octanol–water partition coefficient (Wildman–Crippen LogP) is 0.203. The second-order valence-electron chi connectivity index (χ2n) is 3.91. The first kappa shape index (κ1) is 11.7. The smallest absolute Gasteiger partial charge is 0.260 e. The second kappa shape index (κ2) is 5.54. The molecule has 1 aliphatic heterocycles. The summed E-state index contributed by atoms with van der Waals surface area (Å²) in [5, 5.41) is 12.3. The van der Waals surface area contributed by atoms with Gasteiger partial charge in [0.2, 0.25) is 0 Å². The number of hydrogen-bond acceptors (Lipinski definition) is 4. The van der Waals surface area contributed by atoms with Gasteiger partial charge in [-0.25, -0.2) is 0 Å². The van der Waals surface area contributed by atoms with Gasteiger partial charge in [-0.15, -0.1) is 0 Å². The molecule has 5 heteroatoms. The van der Waals surface area contributed by atoms with Gasteiger partial charge in [0.15, 0.2) is 6.61 Å². The van der Waals surface area contributed by atoms with Crippen molar-refractivity contribution in [1.29, 1.82) is 0 Å². The van der Waals surface area contributed by atoms with Crippen molar-refractivity contribution in [3.05, 3.63) is 24.3 Å². The molecule has 2 rings (SSSR count). The monoisotopic (exact) mass is 236 g/mol. The van der Waals surface area contributed by atoms with Gasteiger partial charge in [0, 0.05) is 26.2 Å². The Morgan fingerprint density at radius 2 is 1.94 bits per heavy atom. The summed E-state index contributed by atoms with van der Waals surface area (Å²) in [4.78, 5) is 13.6. The van der Waals surface area contributed by atoms with Gasteiger partial charge in [0.25, 0.3) is 5.91 Å². The maximum absolute atomic E-state index is 11.8. The Hall–Kier alpha value is -1.75. The molecule has 17 heavy (non-hydrogen) atoms. The molecule has 5 nitrogen and oxygen atoms in total. The third-order valence-corrected chi connectivity index (χ3v) is 2.67. The molecule has 1 aromatic carbocycles. The van der Waals surface area contributed by atoms with Crippen LogP contribution >= 0.6 is 0 Å². The SMILES string of the molecule is O=C(COc1ccc(O)cc1)N1CCNCC1. The molecule has 2 N–H and O–H groups in total. The number of nitrogens with one attached hydrogen (secondary N) is 1. The molecule has 1 saturated heterocycles. The van der Waals surface area contributed by atoms with Crippen molar-refractivity contribution < 1.29 is 14.6 Å². The van der Waals surface area contributed by atoms with Crippen LogP contribution in [0.15, 0.2) is 24.3 Å². The second-order valence-corrected chi connectivity index (χ2v) is 3.91. The maximum atomic E-state index is 11.8. The van der Waals surface area contributed by atoms with Crippen molar-refractivity contribution in [3.63, 3.8) is 0 Å². The van der Waals surface area contributed by atoms with E-state index in [1.54, 1.807) is 17.0 Å². The number of rotatable bonds is 3. The predicted molar refractivity (Wildman–Crippen MR) is 63.1 cm³/mol. The van der Waals surface area contributed by atoms with Crippen LogP contribution in [0, 0.1) is 0 Å². The summed E-state index contributed by atoms with van der Waals surface area (Å²) in [6, 6.07) is 6.34. The number of phenols is 1. The summed E-state index contributed by atoms with van der Waals surface area (Å²) in [6.45, 7) is 3.19. The summed E-state index contributed by atoms with van der Waals surface area (Å²) in [7, 11) is 0. The fraction of sp³-hybridized carbons (Fsp3) is 0.417. The molecular weight excluding hydrogens is 220 g/mol. The van der Waals surface area contributed by atoms with Crippen LogP contribution in [0.25, 0.3) is 0 Å². The quantitative estimate of drug-likeness (QED) is 0.787. The Balaban J connectivity index is 1.81. The Labute approximate surface area is 100.0 Å². The van der Waals surface area contributed by atoms with E-state index in [-0.39, 0.29) is 18.3 Å². The lowest BCUT2D eigenvalue weighted by Crippen LogP contribution is -2.47. The zero-order valence-corrected chi connectivity index (χ0v) is 9.56. The molecule has 1 heterocycles. The molecule has 0 radical (unpaired) electrons. The summed E-state index contributed by atoms with van der Waals surface area (Å²) in [5.41, 5.74) is 0. The Morgan fingerprint density at radius 3 is 2.59 bits per heavy atom. The highest BCUT2D eigenvalue weighted by atomic mass is 16.5. The lowest BCUT2D eigenvalue weighted by atomic mass is 10.3. The van der Waals surface area contributed by atoms with Crippen molar-refractivity contribution >= 4 is 5.91 Å². The number of hydrogen-bond donors (Lipinski definition) is 2.